The number of hydrogen-bond acceptors (Lipinski definition) is 4. The van der Waals surface area contributed by atoms with Crippen LogP contribution in [0.25, 0.3) is 0 Å². The highest BCUT2D eigenvalue weighted by atomic mass is 32.2. The second-order valence-electron chi connectivity index (χ2n) is 3.82. The van der Waals surface area contributed by atoms with Gasteiger partial charge in [-0.3, -0.25) is 0 Å². The molecule has 0 saturated carbocycles. The maximum absolute atomic E-state index is 12.3. The van der Waals surface area contributed by atoms with Crippen molar-refractivity contribution in [2.24, 2.45) is 0 Å². The van der Waals surface area contributed by atoms with Gasteiger partial charge in [0.1, 0.15) is 10.6 Å². The Morgan fingerprint density at radius 1 is 1.22 bits per heavy atom. The second kappa shape index (κ2) is 6.72. The van der Waals surface area contributed by atoms with Crippen molar-refractivity contribution in [2.75, 3.05) is 34.4 Å². The van der Waals surface area contributed by atoms with E-state index in [0.717, 1.165) is 0 Å². The summed E-state index contributed by atoms with van der Waals surface area (Å²) in [4.78, 5) is 0.187. The lowest BCUT2D eigenvalue weighted by Crippen LogP contribution is -2.28. The highest BCUT2D eigenvalue weighted by molar-refractivity contribution is 7.89. The lowest BCUT2D eigenvalue weighted by molar-refractivity contribution is 0.189. The number of nitrogens with zero attached hydrogens (tertiary/aromatic N) is 1. The average molecular weight is 273 g/mol. The highest BCUT2D eigenvalue weighted by Gasteiger charge is 2.23. The van der Waals surface area contributed by atoms with Crippen LogP contribution in [0.4, 0.5) is 0 Å². The first-order valence-corrected chi connectivity index (χ1v) is 7.06. The molecule has 0 N–H and O–H groups in total. The third kappa shape index (κ3) is 3.44. The van der Waals surface area contributed by atoms with Gasteiger partial charge in [-0.15, -0.1) is 0 Å². The molecule has 0 atom stereocenters. The van der Waals surface area contributed by atoms with Gasteiger partial charge in [-0.05, 0) is 18.6 Å². The summed E-state index contributed by atoms with van der Waals surface area (Å²) in [6.07, 6.45) is 0.654. The monoisotopic (exact) mass is 273 g/mol. The van der Waals surface area contributed by atoms with Crippen molar-refractivity contribution in [3.63, 3.8) is 0 Å². The molecule has 0 fully saturated rings. The van der Waals surface area contributed by atoms with Crippen molar-refractivity contribution in [1.82, 2.24) is 4.31 Å². The van der Waals surface area contributed by atoms with Crippen LogP contribution in [-0.2, 0) is 14.8 Å². The Kier molecular flexibility index (Phi) is 5.58. The van der Waals surface area contributed by atoms with Gasteiger partial charge < -0.3 is 9.47 Å². The molecule has 0 amide bonds. The van der Waals surface area contributed by atoms with Gasteiger partial charge >= 0.3 is 0 Å². The SMILES string of the molecule is COCCCN(C)S(=O)(=O)c1ccccc1OC. The quantitative estimate of drug-likeness (QED) is 0.704. The minimum atomic E-state index is -3.51. The number of benzene rings is 1. The van der Waals surface area contributed by atoms with Gasteiger partial charge in [0, 0.05) is 27.3 Å². The topological polar surface area (TPSA) is 55.8 Å². The van der Waals surface area contributed by atoms with Gasteiger partial charge in [0.2, 0.25) is 10.0 Å². The van der Waals surface area contributed by atoms with E-state index in [1.807, 2.05) is 0 Å². The minimum Gasteiger partial charge on any atom is -0.495 e. The molecule has 5 nitrogen and oxygen atoms in total. The third-order valence-corrected chi connectivity index (χ3v) is 4.48. The number of hydrogen-bond donors (Lipinski definition) is 0. The van der Waals surface area contributed by atoms with E-state index < -0.39 is 10.0 Å². The van der Waals surface area contributed by atoms with Crippen molar-refractivity contribution in [3.8, 4) is 5.75 Å². The summed E-state index contributed by atoms with van der Waals surface area (Å²) < 4.78 is 35.9. The predicted octanol–water partition coefficient (Wildman–Crippen LogP) is 1.35. The van der Waals surface area contributed by atoms with E-state index in [1.54, 1.807) is 38.4 Å². The lowest BCUT2D eigenvalue weighted by atomic mass is 10.3. The molecule has 102 valence electrons. The Hall–Kier alpha value is -1.11. The number of sulfonamides is 1. The first-order valence-electron chi connectivity index (χ1n) is 5.62. The first kappa shape index (κ1) is 14.9. The first-order chi connectivity index (χ1) is 8.54. The van der Waals surface area contributed by atoms with Gasteiger partial charge in [0.15, 0.2) is 0 Å². The fourth-order valence-electron chi connectivity index (χ4n) is 1.55. The van der Waals surface area contributed by atoms with E-state index in [2.05, 4.69) is 0 Å². The lowest BCUT2D eigenvalue weighted by Gasteiger charge is -2.18. The standard InChI is InChI=1S/C12H19NO4S/c1-13(9-6-10-16-2)18(14,15)12-8-5-4-7-11(12)17-3/h4-5,7-8H,6,9-10H2,1-3H3. The van der Waals surface area contributed by atoms with Gasteiger partial charge in [-0.1, -0.05) is 12.1 Å². The summed E-state index contributed by atoms with van der Waals surface area (Å²) in [7, 11) is 1.09. The van der Waals surface area contributed by atoms with Crippen LogP contribution in [0.1, 0.15) is 6.42 Å². The maximum Gasteiger partial charge on any atom is 0.246 e. The summed E-state index contributed by atoms with van der Waals surface area (Å²) in [6, 6.07) is 6.60. The maximum atomic E-state index is 12.3. The second-order valence-corrected chi connectivity index (χ2v) is 5.84. The Labute approximate surface area is 108 Å². The Bertz CT molecular complexity index is 473. The van der Waals surface area contributed by atoms with E-state index >= 15 is 0 Å². The van der Waals surface area contributed by atoms with Crippen LogP contribution in [0.15, 0.2) is 29.2 Å². The molecule has 0 aliphatic rings. The number of para-hydroxylation sites is 1. The number of ether oxygens (including phenoxy) is 2. The number of rotatable bonds is 7. The molecule has 0 bridgehead atoms. The van der Waals surface area contributed by atoms with Crippen molar-refractivity contribution in [2.45, 2.75) is 11.3 Å². The Balaban J connectivity index is 2.91. The van der Waals surface area contributed by atoms with Crippen LogP contribution in [0, 0.1) is 0 Å². The highest BCUT2D eigenvalue weighted by Crippen LogP contribution is 2.25. The van der Waals surface area contributed by atoms with Gasteiger partial charge in [0.05, 0.1) is 7.11 Å². The van der Waals surface area contributed by atoms with E-state index in [4.69, 9.17) is 9.47 Å². The molecular weight excluding hydrogens is 254 g/mol. The van der Waals surface area contributed by atoms with Crippen LogP contribution in [0.5, 0.6) is 5.75 Å². The largest absolute Gasteiger partial charge is 0.495 e. The zero-order valence-electron chi connectivity index (χ0n) is 10.9. The fourth-order valence-corrected chi connectivity index (χ4v) is 2.91. The van der Waals surface area contributed by atoms with Crippen molar-refractivity contribution in [1.29, 1.82) is 0 Å². The average Bonchev–Trinajstić information content (AvgIpc) is 2.38. The summed E-state index contributed by atoms with van der Waals surface area (Å²) in [5, 5.41) is 0. The summed E-state index contributed by atoms with van der Waals surface area (Å²) >= 11 is 0. The molecule has 0 radical (unpaired) electrons. The van der Waals surface area contributed by atoms with E-state index in [-0.39, 0.29) is 4.90 Å². The van der Waals surface area contributed by atoms with Gasteiger partial charge in [0.25, 0.3) is 0 Å². The van der Waals surface area contributed by atoms with Crippen molar-refractivity contribution in [3.05, 3.63) is 24.3 Å². The fraction of sp³-hybridized carbons (Fsp3) is 0.500. The third-order valence-electron chi connectivity index (χ3n) is 2.58. The molecule has 0 spiro atoms. The molecule has 18 heavy (non-hydrogen) atoms. The molecule has 0 aromatic heterocycles. The molecule has 6 heteroatoms. The Morgan fingerprint density at radius 2 is 1.89 bits per heavy atom. The van der Waals surface area contributed by atoms with E-state index in [0.29, 0.717) is 25.3 Å². The van der Waals surface area contributed by atoms with Crippen LogP contribution in [-0.4, -0.2) is 47.1 Å². The summed E-state index contributed by atoms with van der Waals surface area (Å²) in [5.41, 5.74) is 0. The molecule has 0 saturated heterocycles. The molecule has 1 aromatic carbocycles. The zero-order chi connectivity index (χ0) is 13.6. The summed E-state index contributed by atoms with van der Waals surface area (Å²) in [5.74, 6) is 0.357. The van der Waals surface area contributed by atoms with E-state index in [9.17, 15) is 8.42 Å². The molecule has 1 aromatic rings. The van der Waals surface area contributed by atoms with Crippen LogP contribution >= 0.6 is 0 Å². The molecule has 0 unspecified atom stereocenters. The molecular formula is C12H19NO4S. The number of methoxy groups -OCH3 is 2. The Morgan fingerprint density at radius 3 is 2.50 bits per heavy atom. The molecule has 0 aliphatic heterocycles. The van der Waals surface area contributed by atoms with Crippen LogP contribution in [0.3, 0.4) is 0 Å². The zero-order valence-corrected chi connectivity index (χ0v) is 11.7. The van der Waals surface area contributed by atoms with Crippen LogP contribution in [0.2, 0.25) is 0 Å². The van der Waals surface area contributed by atoms with E-state index in [1.165, 1.54) is 11.4 Å². The predicted molar refractivity (Wildman–Crippen MR) is 69.3 cm³/mol. The summed E-state index contributed by atoms with van der Waals surface area (Å²) in [6.45, 7) is 0.944. The van der Waals surface area contributed by atoms with Gasteiger partial charge in [-0.25, -0.2) is 12.7 Å². The van der Waals surface area contributed by atoms with Crippen LogP contribution < -0.4 is 4.74 Å². The molecule has 1 rings (SSSR count). The van der Waals surface area contributed by atoms with Crippen molar-refractivity contribution < 1.29 is 17.9 Å². The normalized spacial score (nSPS) is 11.8. The molecule has 0 heterocycles. The molecule has 0 aliphatic carbocycles. The smallest absolute Gasteiger partial charge is 0.246 e. The minimum absolute atomic E-state index is 0.187. The van der Waals surface area contributed by atoms with Gasteiger partial charge in [-0.2, -0.15) is 0 Å². The van der Waals surface area contributed by atoms with Crippen molar-refractivity contribution >= 4 is 10.0 Å².